The maximum atomic E-state index is 12.2. The van der Waals surface area contributed by atoms with E-state index >= 15 is 0 Å². The Hall–Kier alpha value is -2.67. The van der Waals surface area contributed by atoms with Crippen LogP contribution in [0.1, 0.15) is 17.8 Å². The van der Waals surface area contributed by atoms with Crippen LogP contribution < -0.4 is 10.1 Å². The van der Waals surface area contributed by atoms with Gasteiger partial charge in [0.15, 0.2) is 0 Å². The van der Waals surface area contributed by atoms with Crippen molar-refractivity contribution in [3.8, 4) is 16.2 Å². The van der Waals surface area contributed by atoms with Crippen LogP contribution in [0, 0.1) is 0 Å². The quantitative estimate of drug-likeness (QED) is 0.748. The lowest BCUT2D eigenvalue weighted by atomic mass is 10.2. The Kier molecular flexibility index (Phi) is 4.90. The van der Waals surface area contributed by atoms with Gasteiger partial charge < -0.3 is 10.1 Å². The first kappa shape index (κ1) is 16.2. The molecule has 3 aromatic rings. The zero-order valence-corrected chi connectivity index (χ0v) is 14.3. The number of nitrogens with zero attached hydrogens (tertiary/aromatic N) is 3. The van der Waals surface area contributed by atoms with Crippen molar-refractivity contribution in [2.75, 3.05) is 7.11 Å². The maximum Gasteiger partial charge on any atom is 0.244 e. The van der Waals surface area contributed by atoms with Crippen LogP contribution in [0.3, 0.4) is 0 Å². The minimum atomic E-state index is -0.381. The van der Waals surface area contributed by atoms with Crippen molar-refractivity contribution in [3.63, 3.8) is 0 Å². The Bertz CT molecular complexity index is 796. The molecule has 1 amide bonds. The molecule has 6 nitrogen and oxygen atoms in total. The van der Waals surface area contributed by atoms with Crippen LogP contribution in [0.5, 0.6) is 5.75 Å². The molecule has 0 radical (unpaired) electrons. The van der Waals surface area contributed by atoms with E-state index in [2.05, 4.69) is 21.5 Å². The van der Waals surface area contributed by atoms with E-state index in [1.54, 1.807) is 25.4 Å². The zero-order chi connectivity index (χ0) is 16.9. The molecule has 0 saturated heterocycles. The Morgan fingerprint density at radius 1 is 1.29 bits per heavy atom. The average molecular weight is 342 g/mol. The predicted molar refractivity (Wildman–Crippen MR) is 92.9 cm³/mol. The number of amides is 1. The summed E-state index contributed by atoms with van der Waals surface area (Å²) >= 11 is 1.66. The van der Waals surface area contributed by atoms with Gasteiger partial charge in [0.2, 0.25) is 5.91 Å². The first-order valence-corrected chi connectivity index (χ1v) is 8.34. The number of thiophene rings is 1. The lowest BCUT2D eigenvalue weighted by molar-refractivity contribution is -0.124. The molecule has 124 valence electrons. The van der Waals surface area contributed by atoms with Crippen molar-refractivity contribution in [1.82, 2.24) is 20.1 Å². The highest BCUT2D eigenvalue weighted by molar-refractivity contribution is 7.15. The van der Waals surface area contributed by atoms with E-state index in [1.165, 1.54) is 17.3 Å². The smallest absolute Gasteiger partial charge is 0.244 e. The Morgan fingerprint density at radius 3 is 2.75 bits per heavy atom. The van der Waals surface area contributed by atoms with Gasteiger partial charge in [-0.05, 0) is 48.9 Å². The van der Waals surface area contributed by atoms with Crippen LogP contribution in [0.4, 0.5) is 0 Å². The van der Waals surface area contributed by atoms with E-state index in [0.717, 1.165) is 21.1 Å². The summed E-state index contributed by atoms with van der Waals surface area (Å²) in [5.74, 6) is 0.754. The molecule has 0 saturated carbocycles. The fourth-order valence-corrected chi connectivity index (χ4v) is 3.20. The first-order chi connectivity index (χ1) is 11.7. The molecule has 0 aliphatic carbocycles. The number of aromatic nitrogens is 3. The van der Waals surface area contributed by atoms with E-state index in [4.69, 9.17) is 4.74 Å². The van der Waals surface area contributed by atoms with E-state index in [1.807, 2.05) is 30.3 Å². The molecule has 1 atom stereocenters. The van der Waals surface area contributed by atoms with Crippen molar-refractivity contribution < 1.29 is 9.53 Å². The molecule has 7 heteroatoms. The highest BCUT2D eigenvalue weighted by Crippen LogP contribution is 2.29. The number of benzene rings is 1. The second kappa shape index (κ2) is 7.27. The minimum absolute atomic E-state index is 0.0834. The van der Waals surface area contributed by atoms with Crippen molar-refractivity contribution in [3.05, 3.63) is 53.9 Å². The summed E-state index contributed by atoms with van der Waals surface area (Å²) in [5.41, 5.74) is 1.13. The monoisotopic (exact) mass is 342 g/mol. The molecule has 3 rings (SSSR count). The lowest BCUT2D eigenvalue weighted by Gasteiger charge is -2.11. The molecule has 1 N–H and O–H groups in total. The first-order valence-electron chi connectivity index (χ1n) is 7.52. The molecular weight excluding hydrogens is 324 g/mol. The van der Waals surface area contributed by atoms with Gasteiger partial charge >= 0.3 is 0 Å². The Balaban J connectivity index is 1.60. The van der Waals surface area contributed by atoms with Gasteiger partial charge in [-0.2, -0.15) is 5.10 Å². The van der Waals surface area contributed by atoms with Crippen LogP contribution in [0.15, 0.2) is 49.1 Å². The van der Waals surface area contributed by atoms with Crippen LogP contribution >= 0.6 is 11.3 Å². The minimum Gasteiger partial charge on any atom is -0.497 e. The largest absolute Gasteiger partial charge is 0.497 e. The topological polar surface area (TPSA) is 69.0 Å². The third-order valence-corrected chi connectivity index (χ3v) is 4.82. The van der Waals surface area contributed by atoms with E-state index < -0.39 is 0 Å². The van der Waals surface area contributed by atoms with E-state index in [0.29, 0.717) is 6.54 Å². The van der Waals surface area contributed by atoms with Crippen LogP contribution in [-0.4, -0.2) is 27.8 Å². The Morgan fingerprint density at radius 2 is 2.08 bits per heavy atom. The second-order valence-corrected chi connectivity index (χ2v) is 6.43. The molecular formula is C17H18N4O2S. The summed E-state index contributed by atoms with van der Waals surface area (Å²) in [6.07, 6.45) is 2.96. The van der Waals surface area contributed by atoms with E-state index in [9.17, 15) is 4.79 Å². The van der Waals surface area contributed by atoms with Crippen molar-refractivity contribution in [2.45, 2.75) is 19.5 Å². The number of rotatable bonds is 6. The summed E-state index contributed by atoms with van der Waals surface area (Å²) in [5, 5.41) is 6.92. The standard InChI is InChI=1S/C17H18N4O2S/c1-12(21-11-18-10-20-21)17(22)19-9-15-7-8-16(24-15)13-3-5-14(23-2)6-4-13/h3-8,10-12H,9H2,1-2H3,(H,19,22)/t12-/m1/s1. The molecule has 2 heterocycles. The molecule has 0 bridgehead atoms. The number of methoxy groups -OCH3 is 1. The zero-order valence-electron chi connectivity index (χ0n) is 13.5. The number of hydrogen-bond acceptors (Lipinski definition) is 5. The van der Waals surface area contributed by atoms with Crippen LogP contribution in [0.2, 0.25) is 0 Å². The van der Waals surface area contributed by atoms with Gasteiger partial charge in [0.1, 0.15) is 24.4 Å². The molecule has 24 heavy (non-hydrogen) atoms. The third kappa shape index (κ3) is 3.62. The van der Waals surface area contributed by atoms with Gasteiger partial charge in [-0.25, -0.2) is 9.67 Å². The molecule has 2 aromatic heterocycles. The number of carbonyl (C=O) groups excluding carboxylic acids is 1. The molecule has 0 aliphatic heterocycles. The van der Waals surface area contributed by atoms with Gasteiger partial charge in [0, 0.05) is 9.75 Å². The van der Waals surface area contributed by atoms with Gasteiger partial charge in [0.25, 0.3) is 0 Å². The molecule has 0 spiro atoms. The summed E-state index contributed by atoms with van der Waals surface area (Å²) in [6, 6.07) is 11.7. The maximum absolute atomic E-state index is 12.2. The highest BCUT2D eigenvalue weighted by atomic mass is 32.1. The molecule has 1 aromatic carbocycles. The second-order valence-electron chi connectivity index (χ2n) is 5.26. The number of hydrogen-bond donors (Lipinski definition) is 1. The number of ether oxygens (including phenoxy) is 1. The average Bonchev–Trinajstić information content (AvgIpc) is 3.31. The normalized spacial score (nSPS) is 11.9. The van der Waals surface area contributed by atoms with Crippen LogP contribution in [-0.2, 0) is 11.3 Å². The van der Waals surface area contributed by atoms with Crippen molar-refractivity contribution >= 4 is 17.2 Å². The Labute approximate surface area is 144 Å². The van der Waals surface area contributed by atoms with Gasteiger partial charge in [-0.15, -0.1) is 11.3 Å². The van der Waals surface area contributed by atoms with Gasteiger partial charge in [-0.3, -0.25) is 4.79 Å². The predicted octanol–water partition coefficient (Wildman–Crippen LogP) is 2.89. The summed E-state index contributed by atoms with van der Waals surface area (Å²) in [4.78, 5) is 18.3. The summed E-state index contributed by atoms with van der Waals surface area (Å²) in [7, 11) is 1.65. The molecule has 0 unspecified atom stereocenters. The SMILES string of the molecule is COc1ccc(-c2ccc(CNC(=O)[C@@H](C)n3cncn3)s2)cc1. The summed E-state index contributed by atoms with van der Waals surface area (Å²) < 4.78 is 6.71. The van der Waals surface area contributed by atoms with Crippen molar-refractivity contribution in [1.29, 1.82) is 0 Å². The van der Waals surface area contributed by atoms with Crippen LogP contribution in [0.25, 0.3) is 10.4 Å². The number of nitrogens with one attached hydrogen (secondary N) is 1. The third-order valence-electron chi connectivity index (χ3n) is 3.69. The van der Waals surface area contributed by atoms with E-state index in [-0.39, 0.29) is 11.9 Å². The fourth-order valence-electron chi connectivity index (χ4n) is 2.24. The highest BCUT2D eigenvalue weighted by Gasteiger charge is 2.15. The fraction of sp³-hybridized carbons (Fsp3) is 0.235. The summed E-state index contributed by atoms with van der Waals surface area (Å²) in [6.45, 7) is 2.29. The van der Waals surface area contributed by atoms with Gasteiger partial charge in [0.05, 0.1) is 13.7 Å². The molecule has 0 aliphatic rings. The molecule has 0 fully saturated rings. The number of carbonyl (C=O) groups is 1. The lowest BCUT2D eigenvalue weighted by Crippen LogP contribution is -2.30. The van der Waals surface area contributed by atoms with Gasteiger partial charge in [-0.1, -0.05) is 0 Å². The van der Waals surface area contributed by atoms with Crippen molar-refractivity contribution in [2.24, 2.45) is 0 Å².